The van der Waals surface area contributed by atoms with Gasteiger partial charge in [-0.3, -0.25) is 14.2 Å². The maximum absolute atomic E-state index is 12.5. The minimum atomic E-state index is -0.529. The Hall–Kier alpha value is -3.26. The summed E-state index contributed by atoms with van der Waals surface area (Å²) in [5.41, 5.74) is 1.91. The van der Waals surface area contributed by atoms with Gasteiger partial charge in [-0.2, -0.15) is 0 Å². The molecular formula is C19H15N3O4S. The molecule has 1 aromatic carbocycles. The van der Waals surface area contributed by atoms with Crippen LogP contribution >= 0.6 is 11.3 Å². The predicted octanol–water partition coefficient (Wildman–Crippen LogP) is 3.16. The largest absolute Gasteiger partial charge is 0.462 e. The number of fused-ring (bicyclic) bond motifs is 1. The number of esters is 1. The van der Waals surface area contributed by atoms with Gasteiger partial charge in [-0.25, -0.2) is 9.97 Å². The van der Waals surface area contributed by atoms with Gasteiger partial charge in [0.2, 0.25) is 0 Å². The average molecular weight is 381 g/mol. The van der Waals surface area contributed by atoms with E-state index in [9.17, 15) is 9.59 Å². The zero-order valence-electron chi connectivity index (χ0n) is 14.4. The molecule has 0 N–H and O–H groups in total. The van der Waals surface area contributed by atoms with Crippen molar-refractivity contribution >= 4 is 28.2 Å². The Kier molecular flexibility index (Phi) is 4.55. The van der Waals surface area contributed by atoms with Crippen molar-refractivity contribution in [3.8, 4) is 10.8 Å². The van der Waals surface area contributed by atoms with Crippen molar-refractivity contribution in [2.75, 3.05) is 0 Å². The van der Waals surface area contributed by atoms with E-state index in [1.807, 2.05) is 19.1 Å². The van der Waals surface area contributed by atoms with Crippen LogP contribution < -0.4 is 5.56 Å². The second-order valence-electron chi connectivity index (χ2n) is 5.93. The molecule has 136 valence electrons. The fraction of sp³-hybridized carbons (Fsp3) is 0.158. The van der Waals surface area contributed by atoms with Crippen LogP contribution in [0.1, 0.15) is 11.3 Å². The van der Waals surface area contributed by atoms with Gasteiger partial charge >= 0.3 is 5.97 Å². The Bertz CT molecular complexity index is 1160. The van der Waals surface area contributed by atoms with E-state index in [-0.39, 0.29) is 18.7 Å². The summed E-state index contributed by atoms with van der Waals surface area (Å²) in [4.78, 5) is 33.3. The number of carbonyl (C=O) groups is 1. The van der Waals surface area contributed by atoms with Gasteiger partial charge in [-0.15, -0.1) is 11.3 Å². The van der Waals surface area contributed by atoms with Crippen molar-refractivity contribution in [2.45, 2.75) is 20.1 Å². The first kappa shape index (κ1) is 17.2. The van der Waals surface area contributed by atoms with Crippen molar-refractivity contribution in [2.24, 2.45) is 0 Å². The molecule has 0 fully saturated rings. The van der Waals surface area contributed by atoms with E-state index < -0.39 is 5.97 Å². The van der Waals surface area contributed by atoms with Crippen molar-refractivity contribution in [1.29, 1.82) is 0 Å². The lowest BCUT2D eigenvalue weighted by atomic mass is 10.1. The van der Waals surface area contributed by atoms with Crippen LogP contribution in [0.3, 0.4) is 0 Å². The highest BCUT2D eigenvalue weighted by Crippen LogP contribution is 2.24. The SMILES string of the molecule is Cc1cccc2c(=O)n(CC(=O)OCc3csc(-c4ccco4)n3)cnc12. The summed E-state index contributed by atoms with van der Waals surface area (Å²) >= 11 is 1.41. The number of ether oxygens (including phenoxy) is 1. The number of nitrogens with zero attached hydrogens (tertiary/aromatic N) is 3. The molecule has 0 amide bonds. The molecule has 0 aliphatic rings. The fourth-order valence-electron chi connectivity index (χ4n) is 2.68. The minimum Gasteiger partial charge on any atom is -0.462 e. The lowest BCUT2D eigenvalue weighted by Crippen LogP contribution is -2.25. The third kappa shape index (κ3) is 3.52. The molecule has 4 rings (SSSR count). The van der Waals surface area contributed by atoms with Crippen LogP contribution in [0.5, 0.6) is 0 Å². The number of aromatic nitrogens is 3. The normalized spacial score (nSPS) is 11.0. The first-order valence-electron chi connectivity index (χ1n) is 8.20. The number of rotatable bonds is 5. The van der Waals surface area contributed by atoms with Gasteiger partial charge < -0.3 is 9.15 Å². The van der Waals surface area contributed by atoms with Gasteiger partial charge in [0, 0.05) is 5.38 Å². The summed E-state index contributed by atoms with van der Waals surface area (Å²) in [5.74, 6) is 0.139. The van der Waals surface area contributed by atoms with Crippen molar-refractivity contribution in [3.05, 3.63) is 69.9 Å². The number of benzene rings is 1. The van der Waals surface area contributed by atoms with Crippen molar-refractivity contribution < 1.29 is 13.9 Å². The molecule has 0 atom stereocenters. The summed E-state index contributed by atoms with van der Waals surface area (Å²) in [6.45, 7) is 1.72. The number of carbonyl (C=O) groups excluding carboxylic acids is 1. The number of hydrogen-bond acceptors (Lipinski definition) is 7. The smallest absolute Gasteiger partial charge is 0.326 e. The molecule has 0 aliphatic carbocycles. The molecule has 7 nitrogen and oxygen atoms in total. The average Bonchev–Trinajstić information content (AvgIpc) is 3.34. The monoisotopic (exact) mass is 381 g/mol. The second kappa shape index (κ2) is 7.16. The van der Waals surface area contributed by atoms with E-state index in [1.165, 1.54) is 22.2 Å². The molecule has 0 aliphatic heterocycles. The van der Waals surface area contributed by atoms with Crippen molar-refractivity contribution in [1.82, 2.24) is 14.5 Å². The topological polar surface area (TPSA) is 87.2 Å². The Labute approximate surface area is 157 Å². The maximum atomic E-state index is 12.5. The van der Waals surface area contributed by atoms with Gasteiger partial charge in [0.25, 0.3) is 5.56 Å². The minimum absolute atomic E-state index is 0.0326. The number of aryl methyl sites for hydroxylation is 1. The zero-order valence-corrected chi connectivity index (χ0v) is 15.2. The molecule has 8 heteroatoms. The van der Waals surface area contributed by atoms with Crippen LogP contribution in [0.2, 0.25) is 0 Å². The van der Waals surface area contributed by atoms with Crippen LogP contribution in [0.15, 0.2) is 57.5 Å². The summed E-state index contributed by atoms with van der Waals surface area (Å²) < 4.78 is 11.8. The summed E-state index contributed by atoms with van der Waals surface area (Å²) in [6.07, 6.45) is 2.95. The van der Waals surface area contributed by atoms with Crippen LogP contribution in [0.25, 0.3) is 21.7 Å². The summed E-state index contributed by atoms with van der Waals surface area (Å²) in [5, 5.41) is 3.00. The molecule has 4 aromatic rings. The second-order valence-corrected chi connectivity index (χ2v) is 6.79. The van der Waals surface area contributed by atoms with E-state index in [1.54, 1.807) is 29.8 Å². The standard InChI is InChI=1S/C19H15N3O4S/c1-12-4-2-5-14-17(12)20-11-22(19(14)24)8-16(23)26-9-13-10-27-18(21-13)15-6-3-7-25-15/h2-7,10-11H,8-9H2,1H3. The molecule has 0 radical (unpaired) electrons. The maximum Gasteiger partial charge on any atom is 0.326 e. The third-order valence-electron chi connectivity index (χ3n) is 4.02. The van der Waals surface area contributed by atoms with E-state index >= 15 is 0 Å². The molecule has 0 saturated carbocycles. The molecule has 3 heterocycles. The molecular weight excluding hydrogens is 366 g/mol. The molecule has 0 saturated heterocycles. The van der Waals surface area contributed by atoms with E-state index in [2.05, 4.69) is 9.97 Å². The predicted molar refractivity (Wildman–Crippen MR) is 100 cm³/mol. The third-order valence-corrected chi connectivity index (χ3v) is 4.93. The quantitative estimate of drug-likeness (QED) is 0.494. The Balaban J connectivity index is 1.43. The molecule has 3 aromatic heterocycles. The van der Waals surface area contributed by atoms with Crippen LogP contribution in [0.4, 0.5) is 0 Å². The number of furan rings is 1. The van der Waals surface area contributed by atoms with Gasteiger partial charge in [0.1, 0.15) is 13.2 Å². The van der Waals surface area contributed by atoms with Gasteiger partial charge in [0.05, 0.1) is 29.2 Å². The Morgan fingerprint density at radius 3 is 3.00 bits per heavy atom. The van der Waals surface area contributed by atoms with Crippen LogP contribution in [-0.2, 0) is 22.7 Å². The summed E-state index contributed by atoms with van der Waals surface area (Å²) in [7, 11) is 0. The molecule has 27 heavy (non-hydrogen) atoms. The molecule has 0 bridgehead atoms. The first-order chi connectivity index (χ1) is 13.1. The number of thiazole rings is 1. The number of hydrogen-bond donors (Lipinski definition) is 0. The lowest BCUT2D eigenvalue weighted by molar-refractivity contribution is -0.145. The molecule has 0 spiro atoms. The van der Waals surface area contributed by atoms with Gasteiger partial charge in [-0.1, -0.05) is 12.1 Å². The highest BCUT2D eigenvalue weighted by molar-refractivity contribution is 7.13. The summed E-state index contributed by atoms with van der Waals surface area (Å²) in [6, 6.07) is 8.98. The highest BCUT2D eigenvalue weighted by Gasteiger charge is 2.12. The van der Waals surface area contributed by atoms with Crippen LogP contribution in [-0.4, -0.2) is 20.5 Å². The fourth-order valence-corrected chi connectivity index (χ4v) is 3.45. The molecule has 0 unspecified atom stereocenters. The highest BCUT2D eigenvalue weighted by atomic mass is 32.1. The van der Waals surface area contributed by atoms with Crippen molar-refractivity contribution in [3.63, 3.8) is 0 Å². The lowest BCUT2D eigenvalue weighted by Gasteiger charge is -2.07. The zero-order chi connectivity index (χ0) is 18.8. The van der Waals surface area contributed by atoms with E-state index in [0.29, 0.717) is 22.4 Å². The Morgan fingerprint density at radius 1 is 1.30 bits per heavy atom. The van der Waals surface area contributed by atoms with Crippen LogP contribution in [0, 0.1) is 6.92 Å². The number of para-hydroxylation sites is 1. The van der Waals surface area contributed by atoms with E-state index in [4.69, 9.17) is 9.15 Å². The van der Waals surface area contributed by atoms with Gasteiger partial charge in [-0.05, 0) is 30.7 Å². The Morgan fingerprint density at radius 2 is 2.19 bits per heavy atom. The van der Waals surface area contributed by atoms with E-state index in [0.717, 1.165) is 10.6 Å². The van der Waals surface area contributed by atoms with Gasteiger partial charge in [0.15, 0.2) is 10.8 Å². The first-order valence-corrected chi connectivity index (χ1v) is 9.08.